The summed E-state index contributed by atoms with van der Waals surface area (Å²) in [6.07, 6.45) is 7.12. The SMILES string of the molecule is C/C(=C\c1cc(C)cc2c3c(n(C)c12)CCNC3)c1ccncc1. The monoisotopic (exact) mass is 317 g/mol. The van der Waals surface area contributed by atoms with Gasteiger partial charge in [0.05, 0.1) is 5.52 Å². The molecule has 3 nitrogen and oxygen atoms in total. The largest absolute Gasteiger partial charge is 0.347 e. The third kappa shape index (κ3) is 2.45. The maximum absolute atomic E-state index is 4.12. The van der Waals surface area contributed by atoms with Gasteiger partial charge in [-0.1, -0.05) is 0 Å². The van der Waals surface area contributed by atoms with Crippen LogP contribution in [0, 0.1) is 6.92 Å². The van der Waals surface area contributed by atoms with Crippen molar-refractivity contribution in [1.29, 1.82) is 0 Å². The molecule has 0 saturated carbocycles. The van der Waals surface area contributed by atoms with Crippen molar-refractivity contribution < 1.29 is 0 Å². The molecule has 0 amide bonds. The standard InChI is InChI=1S/C21H23N3/c1-14-10-17(12-15(2)16-4-7-22-8-5-16)21-18(11-14)19-13-23-9-6-20(19)24(21)3/h4-5,7-8,10-12,23H,6,9,13H2,1-3H3/b15-12+. The molecule has 0 radical (unpaired) electrons. The number of nitrogens with zero attached hydrogens (tertiary/aromatic N) is 2. The van der Waals surface area contributed by atoms with E-state index in [1.807, 2.05) is 12.4 Å². The Morgan fingerprint density at radius 3 is 2.83 bits per heavy atom. The van der Waals surface area contributed by atoms with E-state index in [4.69, 9.17) is 0 Å². The van der Waals surface area contributed by atoms with Crippen molar-refractivity contribution in [1.82, 2.24) is 14.9 Å². The van der Waals surface area contributed by atoms with Crippen LogP contribution in [-0.4, -0.2) is 16.1 Å². The molecule has 0 saturated heterocycles. The summed E-state index contributed by atoms with van der Waals surface area (Å²) in [5, 5.41) is 4.91. The van der Waals surface area contributed by atoms with Gasteiger partial charge in [-0.2, -0.15) is 0 Å². The first-order valence-corrected chi connectivity index (χ1v) is 8.55. The van der Waals surface area contributed by atoms with Crippen LogP contribution in [0.2, 0.25) is 0 Å². The Balaban J connectivity index is 1.94. The minimum absolute atomic E-state index is 0.975. The summed E-state index contributed by atoms with van der Waals surface area (Å²) in [5.41, 5.74) is 9.40. The van der Waals surface area contributed by atoms with E-state index in [2.05, 4.69) is 66.1 Å². The molecule has 0 unspecified atom stereocenters. The van der Waals surface area contributed by atoms with Crippen LogP contribution in [0.25, 0.3) is 22.6 Å². The number of aromatic nitrogens is 2. The number of allylic oxidation sites excluding steroid dienone is 1. The smallest absolute Gasteiger partial charge is 0.0557 e. The molecule has 24 heavy (non-hydrogen) atoms. The molecule has 1 N–H and O–H groups in total. The van der Waals surface area contributed by atoms with Gasteiger partial charge in [-0.15, -0.1) is 0 Å². The van der Waals surface area contributed by atoms with E-state index in [1.54, 1.807) is 0 Å². The lowest BCUT2D eigenvalue weighted by atomic mass is 9.99. The minimum Gasteiger partial charge on any atom is -0.347 e. The number of fused-ring (bicyclic) bond motifs is 3. The molecule has 122 valence electrons. The van der Waals surface area contributed by atoms with Crippen molar-refractivity contribution in [3.8, 4) is 0 Å². The van der Waals surface area contributed by atoms with Gasteiger partial charge in [-0.3, -0.25) is 4.98 Å². The quantitative estimate of drug-likeness (QED) is 0.771. The van der Waals surface area contributed by atoms with Gasteiger partial charge < -0.3 is 9.88 Å². The maximum atomic E-state index is 4.12. The highest BCUT2D eigenvalue weighted by Crippen LogP contribution is 2.33. The van der Waals surface area contributed by atoms with Gasteiger partial charge in [0.1, 0.15) is 0 Å². The van der Waals surface area contributed by atoms with E-state index in [1.165, 1.54) is 44.4 Å². The van der Waals surface area contributed by atoms with E-state index in [0.29, 0.717) is 0 Å². The van der Waals surface area contributed by atoms with Crippen molar-refractivity contribution in [3.05, 3.63) is 64.6 Å². The Morgan fingerprint density at radius 1 is 1.25 bits per heavy atom. The zero-order valence-electron chi connectivity index (χ0n) is 14.6. The Labute approximate surface area is 143 Å². The number of hydrogen-bond acceptors (Lipinski definition) is 2. The van der Waals surface area contributed by atoms with Crippen LogP contribution < -0.4 is 5.32 Å². The molecule has 1 aromatic carbocycles. The van der Waals surface area contributed by atoms with E-state index in [9.17, 15) is 0 Å². The topological polar surface area (TPSA) is 29.9 Å². The summed E-state index contributed by atoms with van der Waals surface area (Å²) in [5.74, 6) is 0. The molecule has 2 aromatic heterocycles. The summed E-state index contributed by atoms with van der Waals surface area (Å²) in [6, 6.07) is 8.77. The fourth-order valence-corrected chi connectivity index (χ4v) is 3.88. The van der Waals surface area contributed by atoms with Crippen molar-refractivity contribution in [2.24, 2.45) is 7.05 Å². The average Bonchev–Trinajstić information content (AvgIpc) is 2.89. The molecule has 4 rings (SSSR count). The molecule has 3 heteroatoms. The lowest BCUT2D eigenvalue weighted by Gasteiger charge is -2.14. The van der Waals surface area contributed by atoms with Crippen LogP contribution in [0.3, 0.4) is 0 Å². The van der Waals surface area contributed by atoms with Gasteiger partial charge in [0.15, 0.2) is 0 Å². The van der Waals surface area contributed by atoms with Crippen molar-refractivity contribution in [2.45, 2.75) is 26.8 Å². The Morgan fingerprint density at radius 2 is 2.04 bits per heavy atom. The molecule has 0 aliphatic carbocycles. The highest BCUT2D eigenvalue weighted by molar-refractivity contribution is 5.96. The third-order valence-electron chi connectivity index (χ3n) is 5.05. The highest BCUT2D eigenvalue weighted by Gasteiger charge is 2.19. The summed E-state index contributed by atoms with van der Waals surface area (Å²) < 4.78 is 2.40. The van der Waals surface area contributed by atoms with Crippen LogP contribution in [0.4, 0.5) is 0 Å². The average molecular weight is 317 g/mol. The Bertz CT molecular complexity index is 933. The van der Waals surface area contributed by atoms with E-state index in [0.717, 1.165) is 19.5 Å². The minimum atomic E-state index is 0.975. The summed E-state index contributed by atoms with van der Waals surface area (Å²) in [4.78, 5) is 4.12. The second kappa shape index (κ2) is 5.91. The molecular formula is C21H23N3. The second-order valence-electron chi connectivity index (χ2n) is 6.72. The molecular weight excluding hydrogens is 294 g/mol. The molecule has 3 aromatic rings. The molecule has 0 atom stereocenters. The molecule has 1 aliphatic rings. The number of pyridine rings is 1. The van der Waals surface area contributed by atoms with Gasteiger partial charge >= 0.3 is 0 Å². The van der Waals surface area contributed by atoms with Crippen LogP contribution in [0.15, 0.2) is 36.7 Å². The number of benzene rings is 1. The second-order valence-corrected chi connectivity index (χ2v) is 6.72. The predicted molar refractivity (Wildman–Crippen MR) is 101 cm³/mol. The zero-order chi connectivity index (χ0) is 16.7. The van der Waals surface area contributed by atoms with Crippen molar-refractivity contribution in [2.75, 3.05) is 6.54 Å². The molecule has 3 heterocycles. The first-order chi connectivity index (χ1) is 11.6. The predicted octanol–water partition coefficient (Wildman–Crippen LogP) is 4.09. The fourth-order valence-electron chi connectivity index (χ4n) is 3.88. The maximum Gasteiger partial charge on any atom is 0.0557 e. The van der Waals surface area contributed by atoms with Crippen molar-refractivity contribution in [3.63, 3.8) is 0 Å². The lowest BCUT2D eigenvalue weighted by Crippen LogP contribution is -2.24. The van der Waals surface area contributed by atoms with Gasteiger partial charge in [0.2, 0.25) is 0 Å². The Hall–Kier alpha value is -2.39. The molecule has 0 fully saturated rings. The van der Waals surface area contributed by atoms with Crippen molar-refractivity contribution >= 4 is 22.6 Å². The van der Waals surface area contributed by atoms with Crippen LogP contribution in [0.1, 0.15) is 34.9 Å². The van der Waals surface area contributed by atoms with Crippen LogP contribution in [-0.2, 0) is 20.0 Å². The molecule has 0 bridgehead atoms. The summed E-state index contributed by atoms with van der Waals surface area (Å²) in [7, 11) is 2.21. The van der Waals surface area contributed by atoms with Crippen LogP contribution in [0.5, 0.6) is 0 Å². The number of rotatable bonds is 2. The lowest BCUT2D eigenvalue weighted by molar-refractivity contribution is 0.622. The first kappa shape index (κ1) is 15.2. The number of nitrogens with one attached hydrogen (secondary N) is 1. The summed E-state index contributed by atoms with van der Waals surface area (Å²) in [6.45, 7) is 6.40. The summed E-state index contributed by atoms with van der Waals surface area (Å²) >= 11 is 0. The van der Waals surface area contributed by atoms with E-state index in [-0.39, 0.29) is 0 Å². The van der Waals surface area contributed by atoms with E-state index < -0.39 is 0 Å². The first-order valence-electron chi connectivity index (χ1n) is 8.55. The van der Waals surface area contributed by atoms with Crippen LogP contribution >= 0.6 is 0 Å². The van der Waals surface area contributed by atoms with Gasteiger partial charge in [-0.25, -0.2) is 0 Å². The Kier molecular flexibility index (Phi) is 3.73. The van der Waals surface area contributed by atoms with Gasteiger partial charge in [-0.05, 0) is 72.0 Å². The number of aryl methyl sites for hydroxylation is 2. The fraction of sp³-hybridized carbons (Fsp3) is 0.286. The normalized spacial score (nSPS) is 14.9. The number of hydrogen-bond donors (Lipinski definition) is 1. The molecule has 0 spiro atoms. The highest BCUT2D eigenvalue weighted by atomic mass is 15.0. The zero-order valence-corrected chi connectivity index (χ0v) is 14.6. The van der Waals surface area contributed by atoms with Gasteiger partial charge in [0, 0.05) is 50.0 Å². The van der Waals surface area contributed by atoms with Gasteiger partial charge in [0.25, 0.3) is 0 Å². The van der Waals surface area contributed by atoms with E-state index >= 15 is 0 Å². The molecule has 1 aliphatic heterocycles. The third-order valence-corrected chi connectivity index (χ3v) is 5.05.